The number of rotatable bonds is 3. The molecule has 126 valence electrons. The molecule has 2 aromatic carbocycles. The summed E-state index contributed by atoms with van der Waals surface area (Å²) < 4.78 is 3.16. The summed E-state index contributed by atoms with van der Waals surface area (Å²) in [6.45, 7) is 1.08. The lowest BCUT2D eigenvalue weighted by atomic mass is 10.0. The number of hydrogen-bond donors (Lipinski definition) is 1. The molecule has 0 atom stereocenters. The number of hydrogen-bond acceptors (Lipinski definition) is 3. The van der Waals surface area contributed by atoms with E-state index in [0.717, 1.165) is 44.9 Å². The van der Waals surface area contributed by atoms with Gasteiger partial charge in [0.05, 0.1) is 17.9 Å². The predicted molar refractivity (Wildman–Crippen MR) is 105 cm³/mol. The van der Waals surface area contributed by atoms with Gasteiger partial charge in [0.25, 0.3) is 0 Å². The highest BCUT2D eigenvalue weighted by atomic mass is 79.9. The molecule has 2 heterocycles. The molecule has 0 aliphatic carbocycles. The summed E-state index contributed by atoms with van der Waals surface area (Å²) in [5, 5.41) is 0.689. The SMILES string of the molecule is NCCc1cnc2n1-c1ccc(Br)cc1C(c1ccccc1Cl)=NC2. The molecule has 0 saturated carbocycles. The van der Waals surface area contributed by atoms with E-state index in [1.165, 1.54) is 0 Å². The molecule has 4 rings (SSSR count). The second kappa shape index (κ2) is 6.75. The fraction of sp³-hybridized carbons (Fsp3) is 0.158. The van der Waals surface area contributed by atoms with Crippen LogP contribution in [0.1, 0.15) is 22.6 Å². The predicted octanol–water partition coefficient (Wildman–Crippen LogP) is 4.14. The van der Waals surface area contributed by atoms with Crippen molar-refractivity contribution in [3.63, 3.8) is 0 Å². The van der Waals surface area contributed by atoms with Crippen molar-refractivity contribution in [3.05, 3.63) is 80.8 Å². The first-order chi connectivity index (χ1) is 12.2. The van der Waals surface area contributed by atoms with E-state index in [1.54, 1.807) is 0 Å². The first-order valence-electron chi connectivity index (χ1n) is 8.04. The maximum absolute atomic E-state index is 6.45. The van der Waals surface area contributed by atoms with Crippen LogP contribution in [0.3, 0.4) is 0 Å². The maximum Gasteiger partial charge on any atom is 0.135 e. The van der Waals surface area contributed by atoms with Gasteiger partial charge in [-0.3, -0.25) is 9.56 Å². The Morgan fingerprint density at radius 2 is 2.00 bits per heavy atom. The van der Waals surface area contributed by atoms with E-state index in [4.69, 9.17) is 22.3 Å². The topological polar surface area (TPSA) is 56.2 Å². The first-order valence-corrected chi connectivity index (χ1v) is 9.21. The van der Waals surface area contributed by atoms with Crippen LogP contribution in [0.2, 0.25) is 5.02 Å². The van der Waals surface area contributed by atoms with Gasteiger partial charge in [-0.1, -0.05) is 45.7 Å². The number of fused-ring (bicyclic) bond motifs is 3. The zero-order valence-corrected chi connectivity index (χ0v) is 15.8. The molecular formula is C19H16BrClN4. The van der Waals surface area contributed by atoms with Gasteiger partial charge in [0.2, 0.25) is 0 Å². The third kappa shape index (κ3) is 2.92. The number of aliphatic imine (C=N–C) groups is 1. The minimum Gasteiger partial charge on any atom is -0.330 e. The van der Waals surface area contributed by atoms with Crippen LogP contribution in [-0.2, 0) is 13.0 Å². The molecule has 3 aromatic rings. The average molecular weight is 416 g/mol. The van der Waals surface area contributed by atoms with E-state index in [2.05, 4.69) is 37.6 Å². The second-order valence-electron chi connectivity index (χ2n) is 5.85. The zero-order chi connectivity index (χ0) is 17.4. The first kappa shape index (κ1) is 16.5. The molecule has 0 amide bonds. The van der Waals surface area contributed by atoms with E-state index >= 15 is 0 Å². The fourth-order valence-electron chi connectivity index (χ4n) is 3.17. The number of halogens is 2. The number of imidazole rings is 1. The molecule has 0 fully saturated rings. The van der Waals surface area contributed by atoms with Crippen molar-refractivity contribution >= 4 is 33.2 Å². The summed E-state index contributed by atoms with van der Waals surface area (Å²) >= 11 is 10.0. The molecule has 0 saturated heterocycles. The summed E-state index contributed by atoms with van der Waals surface area (Å²) in [7, 11) is 0. The van der Waals surface area contributed by atoms with Gasteiger partial charge in [-0.15, -0.1) is 0 Å². The highest BCUT2D eigenvalue weighted by Crippen LogP contribution is 2.30. The van der Waals surface area contributed by atoms with Crippen molar-refractivity contribution in [2.75, 3.05) is 6.54 Å². The van der Waals surface area contributed by atoms with Crippen molar-refractivity contribution < 1.29 is 0 Å². The molecule has 25 heavy (non-hydrogen) atoms. The van der Waals surface area contributed by atoms with Gasteiger partial charge in [-0.25, -0.2) is 4.98 Å². The van der Waals surface area contributed by atoms with E-state index in [0.29, 0.717) is 18.1 Å². The number of benzene rings is 2. The van der Waals surface area contributed by atoms with Crippen molar-refractivity contribution in [2.24, 2.45) is 10.7 Å². The standard InChI is InChI=1S/C19H16BrClN4/c20-12-5-6-17-15(9-12)19(14-3-1-2-4-16(14)21)24-11-18-23-10-13(7-8-22)25(17)18/h1-6,9-10H,7-8,11,22H2. The zero-order valence-electron chi connectivity index (χ0n) is 13.4. The Bertz CT molecular complexity index is 977. The Morgan fingerprint density at radius 1 is 1.16 bits per heavy atom. The van der Waals surface area contributed by atoms with Gasteiger partial charge in [0.1, 0.15) is 5.82 Å². The Morgan fingerprint density at radius 3 is 2.80 bits per heavy atom. The lowest BCUT2D eigenvalue weighted by Gasteiger charge is -2.15. The summed E-state index contributed by atoms with van der Waals surface area (Å²) in [5.41, 5.74) is 10.8. The van der Waals surface area contributed by atoms with E-state index in [1.807, 2.05) is 36.5 Å². The van der Waals surface area contributed by atoms with Gasteiger partial charge in [-0.2, -0.15) is 0 Å². The lowest BCUT2D eigenvalue weighted by Crippen LogP contribution is -2.12. The normalized spacial score (nSPS) is 13.0. The minimum atomic E-state index is 0.497. The molecule has 1 aliphatic rings. The number of aromatic nitrogens is 2. The van der Waals surface area contributed by atoms with Crippen LogP contribution in [-0.4, -0.2) is 21.8 Å². The van der Waals surface area contributed by atoms with Gasteiger partial charge < -0.3 is 5.73 Å². The van der Waals surface area contributed by atoms with Crippen LogP contribution in [0.15, 0.2) is 58.1 Å². The van der Waals surface area contributed by atoms with Crippen molar-refractivity contribution in [1.29, 1.82) is 0 Å². The Labute approximate surface area is 159 Å². The molecule has 0 radical (unpaired) electrons. The molecule has 0 unspecified atom stereocenters. The lowest BCUT2D eigenvalue weighted by molar-refractivity contribution is 0.820. The average Bonchev–Trinajstić information content (AvgIpc) is 2.92. The minimum absolute atomic E-state index is 0.497. The Hall–Kier alpha value is -1.95. The van der Waals surface area contributed by atoms with Crippen LogP contribution < -0.4 is 5.73 Å². The maximum atomic E-state index is 6.45. The molecule has 1 aliphatic heterocycles. The fourth-order valence-corrected chi connectivity index (χ4v) is 3.76. The highest BCUT2D eigenvalue weighted by molar-refractivity contribution is 9.10. The summed E-state index contributed by atoms with van der Waals surface area (Å²) in [4.78, 5) is 9.41. The van der Waals surface area contributed by atoms with Crippen LogP contribution in [0.4, 0.5) is 0 Å². The molecule has 0 spiro atoms. The van der Waals surface area contributed by atoms with Crippen LogP contribution in [0.25, 0.3) is 5.69 Å². The van der Waals surface area contributed by atoms with E-state index < -0.39 is 0 Å². The molecule has 2 N–H and O–H groups in total. The van der Waals surface area contributed by atoms with Crippen LogP contribution >= 0.6 is 27.5 Å². The molecule has 6 heteroatoms. The summed E-state index contributed by atoms with van der Waals surface area (Å²) in [6.07, 6.45) is 2.66. The van der Waals surface area contributed by atoms with Gasteiger partial charge >= 0.3 is 0 Å². The van der Waals surface area contributed by atoms with Crippen LogP contribution in [0.5, 0.6) is 0 Å². The Balaban J connectivity index is 1.98. The summed E-state index contributed by atoms with van der Waals surface area (Å²) in [5.74, 6) is 0.911. The molecule has 1 aromatic heterocycles. The quantitative estimate of drug-likeness (QED) is 0.699. The van der Waals surface area contributed by atoms with Gasteiger partial charge in [0.15, 0.2) is 0 Å². The summed E-state index contributed by atoms with van der Waals surface area (Å²) in [6, 6.07) is 14.0. The Kier molecular flexibility index (Phi) is 4.46. The van der Waals surface area contributed by atoms with Gasteiger partial charge in [-0.05, 0) is 30.8 Å². The van der Waals surface area contributed by atoms with E-state index in [-0.39, 0.29) is 0 Å². The molecule has 4 nitrogen and oxygen atoms in total. The van der Waals surface area contributed by atoms with Crippen molar-refractivity contribution in [2.45, 2.75) is 13.0 Å². The monoisotopic (exact) mass is 414 g/mol. The number of nitrogens with two attached hydrogens (primary N) is 1. The molecular weight excluding hydrogens is 400 g/mol. The second-order valence-corrected chi connectivity index (χ2v) is 7.17. The highest BCUT2D eigenvalue weighted by Gasteiger charge is 2.22. The molecule has 0 bridgehead atoms. The third-order valence-corrected chi connectivity index (χ3v) is 5.09. The van der Waals surface area contributed by atoms with E-state index in [9.17, 15) is 0 Å². The van der Waals surface area contributed by atoms with Crippen molar-refractivity contribution in [1.82, 2.24) is 9.55 Å². The number of nitrogens with zero attached hydrogens (tertiary/aromatic N) is 3. The largest absolute Gasteiger partial charge is 0.330 e. The smallest absolute Gasteiger partial charge is 0.135 e. The van der Waals surface area contributed by atoms with Crippen molar-refractivity contribution in [3.8, 4) is 5.69 Å². The third-order valence-electron chi connectivity index (χ3n) is 4.27. The van der Waals surface area contributed by atoms with Crippen LogP contribution in [0, 0.1) is 0 Å². The van der Waals surface area contributed by atoms with Gasteiger partial charge in [0, 0.05) is 38.9 Å².